The fourth-order valence-corrected chi connectivity index (χ4v) is 6.98. The molecule has 0 saturated heterocycles. The van der Waals surface area contributed by atoms with Crippen molar-refractivity contribution in [2.24, 2.45) is 0 Å². The Balaban J connectivity index is 1.12. The zero-order chi connectivity index (χ0) is 41.9. The summed E-state index contributed by atoms with van der Waals surface area (Å²) in [4.78, 5) is 69.9. The number of amides is 4. The third-order valence-corrected chi connectivity index (χ3v) is 10.1. The van der Waals surface area contributed by atoms with Crippen LogP contribution in [0.4, 0.5) is 9.59 Å². The first-order valence-electron chi connectivity index (χ1n) is 19.6. The van der Waals surface area contributed by atoms with Crippen LogP contribution in [0.15, 0.2) is 103 Å². The van der Waals surface area contributed by atoms with E-state index in [0.29, 0.717) is 36.7 Å². The van der Waals surface area contributed by atoms with Gasteiger partial charge in [0.2, 0.25) is 5.91 Å². The number of benzene rings is 4. The monoisotopic (exact) mass is 798 g/mol. The summed E-state index contributed by atoms with van der Waals surface area (Å²) in [5.74, 6) is 0.780. The van der Waals surface area contributed by atoms with E-state index in [1.807, 2.05) is 62.4 Å². The van der Waals surface area contributed by atoms with Gasteiger partial charge in [-0.25, -0.2) is 19.6 Å². The summed E-state index contributed by atoms with van der Waals surface area (Å²) in [6, 6.07) is 30.0. The number of carbonyl (C=O) groups excluding carboxylic acids is 4. The van der Waals surface area contributed by atoms with Crippen molar-refractivity contribution < 1.29 is 28.7 Å². The minimum atomic E-state index is -1.35. The van der Waals surface area contributed by atoms with Crippen LogP contribution >= 0.6 is 0 Å². The minimum absolute atomic E-state index is 0.151. The predicted octanol–water partition coefficient (Wildman–Crippen LogP) is 7.39. The van der Waals surface area contributed by atoms with Crippen molar-refractivity contribution in [3.63, 3.8) is 0 Å². The van der Waals surface area contributed by atoms with E-state index in [0.717, 1.165) is 50.8 Å². The number of hydrogen-bond acceptors (Lipinski definition) is 8. The molecular formula is C45H50N8O6. The van der Waals surface area contributed by atoms with Gasteiger partial charge in [0.1, 0.15) is 23.7 Å². The largest absolute Gasteiger partial charge is 0.453 e. The quantitative estimate of drug-likeness (QED) is 0.0784. The van der Waals surface area contributed by atoms with Gasteiger partial charge in [0.15, 0.2) is 0 Å². The highest BCUT2D eigenvalue weighted by molar-refractivity contribution is 5.92. The zero-order valence-electron chi connectivity index (χ0n) is 34.0. The number of methoxy groups -OCH3 is 2. The van der Waals surface area contributed by atoms with Crippen LogP contribution in [0.1, 0.15) is 50.8 Å². The number of alkyl carbamates (subject to hydrolysis) is 2. The van der Waals surface area contributed by atoms with E-state index >= 15 is 0 Å². The molecule has 0 saturated carbocycles. The molecule has 4 N–H and O–H groups in total. The first kappa shape index (κ1) is 41.7. The average molecular weight is 799 g/mol. The van der Waals surface area contributed by atoms with E-state index < -0.39 is 17.7 Å². The van der Waals surface area contributed by atoms with Gasteiger partial charge in [-0.1, -0.05) is 92.7 Å². The predicted molar refractivity (Wildman–Crippen MR) is 226 cm³/mol. The number of hydrogen-bond donors (Lipinski definition) is 4. The molecule has 2 aromatic heterocycles. The van der Waals surface area contributed by atoms with Crippen LogP contribution in [0.5, 0.6) is 0 Å². The molecule has 0 radical (unpaired) electrons. The molecule has 6 rings (SSSR count). The maximum absolute atomic E-state index is 14.1. The number of aromatic nitrogens is 4. The molecule has 0 aliphatic heterocycles. The smallest absolute Gasteiger partial charge is 0.407 e. The fourth-order valence-electron chi connectivity index (χ4n) is 6.98. The molecule has 4 aromatic carbocycles. The number of carbonyl (C=O) groups is 4. The highest BCUT2D eigenvalue weighted by atomic mass is 16.5. The van der Waals surface area contributed by atoms with Gasteiger partial charge in [0, 0.05) is 18.7 Å². The third-order valence-electron chi connectivity index (χ3n) is 10.1. The Kier molecular flexibility index (Phi) is 13.4. The number of imidazole rings is 2. The van der Waals surface area contributed by atoms with Crippen LogP contribution < -0.4 is 10.6 Å². The number of aromatic amines is 2. The van der Waals surface area contributed by atoms with Crippen molar-refractivity contribution >= 4 is 34.8 Å². The van der Waals surface area contributed by atoms with Crippen molar-refractivity contribution in [2.75, 3.05) is 33.9 Å². The number of fused-ring (bicyclic) bond motifs is 1. The molecule has 306 valence electrons. The minimum Gasteiger partial charge on any atom is -0.453 e. The van der Waals surface area contributed by atoms with Gasteiger partial charge in [0.25, 0.3) is 5.91 Å². The Morgan fingerprint density at radius 1 is 0.661 bits per heavy atom. The van der Waals surface area contributed by atoms with Crippen LogP contribution in [0, 0.1) is 0 Å². The summed E-state index contributed by atoms with van der Waals surface area (Å²) in [6.07, 6.45) is 3.67. The van der Waals surface area contributed by atoms with E-state index in [9.17, 15) is 19.2 Å². The van der Waals surface area contributed by atoms with Crippen LogP contribution in [-0.2, 0) is 37.7 Å². The van der Waals surface area contributed by atoms with Gasteiger partial charge in [0.05, 0.1) is 51.1 Å². The number of nitrogens with one attached hydrogen (secondary N) is 4. The first-order valence-corrected chi connectivity index (χ1v) is 19.6. The highest BCUT2D eigenvalue weighted by Gasteiger charge is 2.40. The molecule has 0 bridgehead atoms. The second-order valence-electron chi connectivity index (χ2n) is 14.3. The molecule has 14 nitrogen and oxygen atoms in total. The lowest BCUT2D eigenvalue weighted by Crippen LogP contribution is -2.55. The number of rotatable bonds is 16. The lowest BCUT2D eigenvalue weighted by molar-refractivity contribution is -0.138. The topological polar surface area (TPSA) is 175 Å². The fraction of sp³-hybridized carbons (Fsp3) is 0.289. The van der Waals surface area contributed by atoms with Crippen molar-refractivity contribution in [2.45, 2.75) is 52.2 Å². The summed E-state index contributed by atoms with van der Waals surface area (Å²) in [5.41, 5.74) is 5.01. The first-order chi connectivity index (χ1) is 28.5. The Labute approximate surface area is 343 Å². The summed E-state index contributed by atoms with van der Waals surface area (Å²) < 4.78 is 9.45. The van der Waals surface area contributed by atoms with Gasteiger partial charge in [-0.15, -0.1) is 0 Å². The molecule has 0 aliphatic carbocycles. The van der Waals surface area contributed by atoms with Crippen molar-refractivity contribution in [1.29, 1.82) is 0 Å². The summed E-state index contributed by atoms with van der Waals surface area (Å²) in [5, 5.41) is 7.36. The molecule has 0 aliphatic rings. The normalized spacial score (nSPS) is 12.0. The van der Waals surface area contributed by atoms with Gasteiger partial charge < -0.3 is 39.9 Å². The summed E-state index contributed by atoms with van der Waals surface area (Å²) in [7, 11) is 2.53. The lowest BCUT2D eigenvalue weighted by Gasteiger charge is -2.35. The van der Waals surface area contributed by atoms with Crippen molar-refractivity contribution in [3.05, 3.63) is 121 Å². The Bertz CT molecular complexity index is 2390. The van der Waals surface area contributed by atoms with Gasteiger partial charge >= 0.3 is 12.2 Å². The van der Waals surface area contributed by atoms with Crippen LogP contribution in [0.3, 0.4) is 0 Å². The second-order valence-corrected chi connectivity index (χ2v) is 14.3. The highest BCUT2D eigenvalue weighted by Crippen LogP contribution is 2.30. The molecule has 6 aromatic rings. The van der Waals surface area contributed by atoms with Gasteiger partial charge in [-0.3, -0.25) is 9.59 Å². The van der Waals surface area contributed by atoms with E-state index in [2.05, 4.69) is 77.8 Å². The zero-order valence-corrected chi connectivity index (χ0v) is 34.0. The Hall–Kier alpha value is -6.96. The maximum Gasteiger partial charge on any atom is 0.407 e. The Morgan fingerprint density at radius 2 is 1.19 bits per heavy atom. The molecule has 0 unspecified atom stereocenters. The van der Waals surface area contributed by atoms with E-state index in [4.69, 9.17) is 4.74 Å². The summed E-state index contributed by atoms with van der Waals surface area (Å²) >= 11 is 0. The average Bonchev–Trinajstić information content (AvgIpc) is 3.95. The molecule has 4 amide bonds. The number of nitrogens with zero attached hydrogens (tertiary/aromatic N) is 4. The third kappa shape index (κ3) is 9.96. The molecular weight excluding hydrogens is 749 g/mol. The van der Waals surface area contributed by atoms with E-state index in [1.165, 1.54) is 14.2 Å². The maximum atomic E-state index is 14.1. The number of H-pyrrole nitrogens is 2. The van der Waals surface area contributed by atoms with Gasteiger partial charge in [-0.05, 0) is 64.9 Å². The van der Waals surface area contributed by atoms with E-state index in [-0.39, 0.29) is 31.4 Å². The molecule has 1 atom stereocenters. The van der Waals surface area contributed by atoms with Gasteiger partial charge in [-0.2, -0.15) is 0 Å². The van der Waals surface area contributed by atoms with Crippen LogP contribution in [0.25, 0.3) is 44.4 Å². The summed E-state index contributed by atoms with van der Waals surface area (Å²) in [6.45, 7) is 7.04. The molecule has 2 heterocycles. The Morgan fingerprint density at radius 3 is 1.80 bits per heavy atom. The molecule has 59 heavy (non-hydrogen) atoms. The molecule has 0 fully saturated rings. The van der Waals surface area contributed by atoms with Crippen molar-refractivity contribution in [3.8, 4) is 33.6 Å². The SMILES string of the molecule is CCCN(Cc1ncc(-c2ccc3cc(-c4ccc(-c5cnc(CN(CCC)C(=O)[C@](C)(NC(=O)OC)c6ccccc6)[nH]5)cc4)ccc3c2)[nH]1)C(=O)CNC(=O)OC. The van der Waals surface area contributed by atoms with Crippen molar-refractivity contribution in [1.82, 2.24) is 40.4 Å². The molecule has 0 spiro atoms. The molecule has 14 heteroatoms. The number of ether oxygens (including phenoxy) is 2. The standard InChI is InChI=1S/C45H50N8O6/c1-6-21-52(41(54)27-48-43(56)58-4)28-39-47-26-38(50-39)35-20-19-33-23-32(17-18-34(33)24-35)30-13-15-31(16-14-30)37-25-46-40(49-37)29-53(22-7-2)42(55)45(3,51-44(57)59-5)36-11-9-8-10-12-36/h8-20,23-26H,6-7,21-22,27-29H2,1-5H3,(H,46,49)(H,47,50)(H,48,56)(H,51,57)/t45-/m1/s1. The van der Waals surface area contributed by atoms with E-state index in [1.54, 1.807) is 29.1 Å². The lowest BCUT2D eigenvalue weighted by atomic mass is 9.90. The second kappa shape index (κ2) is 19.0. The van der Waals surface area contributed by atoms with Crippen LogP contribution in [0.2, 0.25) is 0 Å². The van der Waals surface area contributed by atoms with Crippen LogP contribution in [-0.4, -0.2) is 87.6 Å².